The number of rotatable bonds is 8. The molecular formula is C21H25BrN2O5S. The van der Waals surface area contributed by atoms with Gasteiger partial charge in [-0.1, -0.05) is 34.1 Å². The number of carbonyl (C=O) groups excluding carboxylic acids is 2. The van der Waals surface area contributed by atoms with Gasteiger partial charge in [0.05, 0.1) is 16.5 Å². The third kappa shape index (κ3) is 6.13. The summed E-state index contributed by atoms with van der Waals surface area (Å²) in [6, 6.07) is 12.6. The van der Waals surface area contributed by atoms with E-state index in [1.807, 2.05) is 31.2 Å². The molecule has 1 atom stereocenters. The van der Waals surface area contributed by atoms with Gasteiger partial charge in [-0.05, 0) is 56.7 Å². The Morgan fingerprint density at radius 3 is 2.33 bits per heavy atom. The smallest absolute Gasteiger partial charge is 0.338 e. The van der Waals surface area contributed by atoms with Crippen LogP contribution in [0.15, 0.2) is 57.9 Å². The van der Waals surface area contributed by atoms with Gasteiger partial charge < -0.3 is 10.1 Å². The number of esters is 1. The molecule has 9 heteroatoms. The molecule has 1 unspecified atom stereocenters. The Morgan fingerprint density at radius 2 is 1.73 bits per heavy atom. The van der Waals surface area contributed by atoms with Gasteiger partial charge in [-0.25, -0.2) is 13.2 Å². The van der Waals surface area contributed by atoms with Gasteiger partial charge in [-0.3, -0.25) is 4.79 Å². The summed E-state index contributed by atoms with van der Waals surface area (Å²) in [6.07, 6.45) is 0. The van der Waals surface area contributed by atoms with Crippen molar-refractivity contribution in [2.24, 2.45) is 0 Å². The van der Waals surface area contributed by atoms with Gasteiger partial charge in [-0.15, -0.1) is 0 Å². The van der Waals surface area contributed by atoms with Gasteiger partial charge in [0.25, 0.3) is 5.91 Å². The number of hydrogen-bond acceptors (Lipinski definition) is 5. The zero-order valence-corrected chi connectivity index (χ0v) is 19.7. The van der Waals surface area contributed by atoms with Crippen LogP contribution in [0.3, 0.4) is 0 Å². The second-order valence-corrected chi connectivity index (χ2v) is 9.97. The van der Waals surface area contributed by atoms with E-state index in [0.717, 1.165) is 10.0 Å². The zero-order chi connectivity index (χ0) is 22.5. The van der Waals surface area contributed by atoms with Crippen molar-refractivity contribution >= 4 is 37.8 Å². The van der Waals surface area contributed by atoms with E-state index in [-0.39, 0.29) is 22.5 Å². The summed E-state index contributed by atoms with van der Waals surface area (Å²) in [5.74, 6) is -1.23. The predicted octanol–water partition coefficient (Wildman–Crippen LogP) is 3.51. The van der Waals surface area contributed by atoms with Crippen LogP contribution in [0.4, 0.5) is 0 Å². The fourth-order valence-electron chi connectivity index (χ4n) is 2.56. The summed E-state index contributed by atoms with van der Waals surface area (Å²) >= 11 is 3.36. The summed E-state index contributed by atoms with van der Waals surface area (Å²) in [5.41, 5.74) is 0.965. The van der Waals surface area contributed by atoms with E-state index >= 15 is 0 Å². The molecular weight excluding hydrogens is 472 g/mol. The van der Waals surface area contributed by atoms with E-state index in [9.17, 15) is 18.0 Å². The van der Waals surface area contributed by atoms with E-state index < -0.39 is 28.5 Å². The lowest BCUT2D eigenvalue weighted by molar-refractivity contribution is -0.124. The van der Waals surface area contributed by atoms with E-state index in [4.69, 9.17) is 4.74 Å². The first kappa shape index (κ1) is 24.0. The molecule has 2 aromatic carbocycles. The van der Waals surface area contributed by atoms with Crippen LogP contribution < -0.4 is 5.32 Å². The maximum Gasteiger partial charge on any atom is 0.338 e. The van der Waals surface area contributed by atoms with Crippen LogP contribution in [0.25, 0.3) is 0 Å². The molecule has 0 fully saturated rings. The van der Waals surface area contributed by atoms with Crippen LogP contribution in [0, 0.1) is 0 Å². The van der Waals surface area contributed by atoms with Crippen molar-refractivity contribution in [3.05, 3.63) is 64.1 Å². The van der Waals surface area contributed by atoms with Gasteiger partial charge in [0.15, 0.2) is 6.61 Å². The Hall–Kier alpha value is -2.23. The third-order valence-electron chi connectivity index (χ3n) is 4.56. The number of ether oxygens (including phenoxy) is 1. The van der Waals surface area contributed by atoms with Crippen molar-refractivity contribution in [2.45, 2.75) is 37.8 Å². The first-order valence-corrected chi connectivity index (χ1v) is 11.6. The molecule has 0 bridgehead atoms. The quantitative estimate of drug-likeness (QED) is 0.564. The van der Waals surface area contributed by atoms with E-state index in [1.165, 1.54) is 35.6 Å². The molecule has 0 heterocycles. The molecule has 0 aromatic heterocycles. The van der Waals surface area contributed by atoms with Crippen LogP contribution in [-0.2, 0) is 19.6 Å². The van der Waals surface area contributed by atoms with Crippen LogP contribution in [0.2, 0.25) is 0 Å². The lowest BCUT2D eigenvalue weighted by atomic mass is 10.1. The molecule has 30 heavy (non-hydrogen) atoms. The number of amides is 1. The minimum absolute atomic E-state index is 0.0125. The Labute approximate surface area is 185 Å². The van der Waals surface area contributed by atoms with Crippen LogP contribution in [-0.4, -0.2) is 44.3 Å². The fraction of sp³-hybridized carbons (Fsp3) is 0.333. The molecule has 7 nitrogen and oxygen atoms in total. The highest BCUT2D eigenvalue weighted by molar-refractivity contribution is 9.10. The minimum Gasteiger partial charge on any atom is -0.452 e. The number of nitrogens with zero attached hydrogens (tertiary/aromatic N) is 1. The van der Waals surface area contributed by atoms with Crippen LogP contribution in [0.5, 0.6) is 0 Å². The summed E-state index contributed by atoms with van der Waals surface area (Å²) in [5, 5.41) is 2.75. The molecule has 0 radical (unpaired) electrons. The van der Waals surface area contributed by atoms with Crippen molar-refractivity contribution in [1.82, 2.24) is 9.62 Å². The number of benzene rings is 2. The molecule has 0 aliphatic heterocycles. The standard InChI is InChI=1S/C21H25BrN2O5S/c1-14(2)24(4)30(27,28)19-7-5-6-17(12-19)21(26)29-13-20(25)23-15(3)16-8-10-18(22)11-9-16/h5-12,14-15H,13H2,1-4H3,(H,23,25). The van der Waals surface area contributed by atoms with Gasteiger partial charge in [0, 0.05) is 17.6 Å². The lowest BCUT2D eigenvalue weighted by Crippen LogP contribution is -2.33. The monoisotopic (exact) mass is 496 g/mol. The lowest BCUT2D eigenvalue weighted by Gasteiger charge is -2.21. The van der Waals surface area contributed by atoms with Crippen molar-refractivity contribution in [1.29, 1.82) is 0 Å². The second kappa shape index (κ2) is 10.2. The number of hydrogen-bond donors (Lipinski definition) is 1. The van der Waals surface area contributed by atoms with Gasteiger partial charge in [-0.2, -0.15) is 4.31 Å². The van der Waals surface area contributed by atoms with Crippen molar-refractivity contribution in [3.63, 3.8) is 0 Å². The Balaban J connectivity index is 1.99. The molecule has 162 valence electrons. The Bertz CT molecular complexity index is 1010. The highest BCUT2D eigenvalue weighted by Gasteiger charge is 2.24. The van der Waals surface area contributed by atoms with E-state index in [2.05, 4.69) is 21.2 Å². The molecule has 0 saturated carbocycles. The van der Waals surface area contributed by atoms with Gasteiger partial charge in [0.1, 0.15) is 0 Å². The maximum absolute atomic E-state index is 12.6. The second-order valence-electron chi connectivity index (χ2n) is 7.06. The number of carbonyl (C=O) groups is 2. The topological polar surface area (TPSA) is 92.8 Å². The average molecular weight is 497 g/mol. The van der Waals surface area contributed by atoms with Crippen molar-refractivity contribution in [3.8, 4) is 0 Å². The summed E-state index contributed by atoms with van der Waals surface area (Å²) in [7, 11) is -2.26. The normalized spacial score (nSPS) is 12.6. The summed E-state index contributed by atoms with van der Waals surface area (Å²) in [4.78, 5) is 24.4. The van der Waals surface area contributed by atoms with E-state index in [1.54, 1.807) is 13.8 Å². The number of sulfonamides is 1. The molecule has 1 N–H and O–H groups in total. The molecule has 0 aliphatic carbocycles. The van der Waals surface area contributed by atoms with Crippen LogP contribution in [0.1, 0.15) is 42.7 Å². The Kier molecular flexibility index (Phi) is 8.17. The molecule has 1 amide bonds. The predicted molar refractivity (Wildman–Crippen MR) is 118 cm³/mol. The first-order valence-electron chi connectivity index (χ1n) is 9.32. The highest BCUT2D eigenvalue weighted by Crippen LogP contribution is 2.19. The Morgan fingerprint density at radius 1 is 1.10 bits per heavy atom. The third-order valence-corrected chi connectivity index (χ3v) is 7.11. The molecule has 0 spiro atoms. The number of halogens is 1. The van der Waals surface area contributed by atoms with Gasteiger partial charge >= 0.3 is 5.97 Å². The largest absolute Gasteiger partial charge is 0.452 e. The van der Waals surface area contributed by atoms with Crippen molar-refractivity contribution < 1.29 is 22.7 Å². The molecule has 0 saturated heterocycles. The molecule has 0 aliphatic rings. The summed E-state index contributed by atoms with van der Waals surface area (Å²) < 4.78 is 32.4. The molecule has 2 aromatic rings. The van der Waals surface area contributed by atoms with Gasteiger partial charge in [0.2, 0.25) is 10.0 Å². The summed E-state index contributed by atoms with van der Waals surface area (Å²) in [6.45, 7) is 4.86. The number of nitrogens with one attached hydrogen (secondary N) is 1. The molecule has 2 rings (SSSR count). The first-order chi connectivity index (χ1) is 14.0. The average Bonchev–Trinajstić information content (AvgIpc) is 2.71. The van der Waals surface area contributed by atoms with Crippen molar-refractivity contribution in [2.75, 3.05) is 13.7 Å². The maximum atomic E-state index is 12.6. The fourth-order valence-corrected chi connectivity index (χ4v) is 4.24. The minimum atomic E-state index is -3.73. The van der Waals surface area contributed by atoms with E-state index in [0.29, 0.717) is 0 Å². The van der Waals surface area contributed by atoms with Crippen LogP contribution >= 0.6 is 15.9 Å². The SMILES string of the molecule is CC(NC(=O)COC(=O)c1cccc(S(=O)(=O)N(C)C(C)C)c1)c1ccc(Br)cc1. The highest BCUT2D eigenvalue weighted by atomic mass is 79.9. The zero-order valence-electron chi connectivity index (χ0n) is 17.3.